The Kier molecular flexibility index (Phi) is 13.8. The third-order valence-corrected chi connectivity index (χ3v) is 5.84. The summed E-state index contributed by atoms with van der Waals surface area (Å²) in [5.41, 5.74) is 1.91. The number of benzene rings is 2. The molecule has 2 aromatic rings. The molecule has 0 bridgehead atoms. The summed E-state index contributed by atoms with van der Waals surface area (Å²) in [6.45, 7) is 4.81. The highest BCUT2D eigenvalue weighted by Crippen LogP contribution is 2.23. The van der Waals surface area contributed by atoms with Crippen LogP contribution >= 0.6 is 0 Å². The third-order valence-electron chi connectivity index (χ3n) is 5.84. The molecule has 0 aliphatic rings. The minimum absolute atomic E-state index is 0.0387. The first-order chi connectivity index (χ1) is 16.7. The molecule has 184 valence electrons. The second-order valence-corrected chi connectivity index (χ2v) is 8.83. The minimum atomic E-state index is -0.963. The fraction of sp³-hybridized carbons (Fsp3) is 0.484. The van der Waals surface area contributed by atoms with Gasteiger partial charge in [-0.15, -0.1) is 0 Å². The fourth-order valence-corrected chi connectivity index (χ4v) is 3.71. The van der Waals surface area contributed by atoms with Crippen molar-refractivity contribution in [1.82, 2.24) is 0 Å². The first-order valence-corrected chi connectivity index (χ1v) is 13.0. The van der Waals surface area contributed by atoms with E-state index in [1.807, 2.05) is 24.3 Å². The van der Waals surface area contributed by atoms with Crippen molar-refractivity contribution in [2.45, 2.75) is 90.9 Å². The van der Waals surface area contributed by atoms with E-state index in [-0.39, 0.29) is 11.3 Å². The summed E-state index contributed by atoms with van der Waals surface area (Å²) in [6.07, 6.45) is 18.5. The summed E-state index contributed by atoms with van der Waals surface area (Å²) in [5, 5.41) is 0. The molecule has 0 atom stereocenters. The number of hydrogen-bond donors (Lipinski definition) is 0. The van der Waals surface area contributed by atoms with Gasteiger partial charge in [-0.25, -0.2) is 4.39 Å². The van der Waals surface area contributed by atoms with Crippen molar-refractivity contribution in [1.29, 1.82) is 0 Å². The van der Waals surface area contributed by atoms with Gasteiger partial charge >= 0.3 is 0 Å². The number of ether oxygens (including phenoxy) is 1. The number of allylic oxidation sites excluding steroid dienone is 1. The molecule has 2 aromatic carbocycles. The van der Waals surface area contributed by atoms with Gasteiger partial charge in [-0.2, -0.15) is 4.39 Å². The Morgan fingerprint density at radius 2 is 1.35 bits per heavy atom. The van der Waals surface area contributed by atoms with E-state index in [2.05, 4.69) is 37.8 Å². The molecule has 0 aromatic heterocycles. The normalized spacial score (nSPS) is 10.9. The number of halogens is 2. The molecular weight excluding hydrogens is 426 g/mol. The SMILES string of the molecule is CCCCC/C=C/c1ccc(C#Cc2ccc(OCCCCCCCCCC)c(F)c2F)cc1. The van der Waals surface area contributed by atoms with Gasteiger partial charge in [-0.3, -0.25) is 0 Å². The monoisotopic (exact) mass is 466 g/mol. The summed E-state index contributed by atoms with van der Waals surface area (Å²) in [6, 6.07) is 10.7. The molecule has 0 unspecified atom stereocenters. The fourth-order valence-electron chi connectivity index (χ4n) is 3.71. The maximum absolute atomic E-state index is 14.5. The second-order valence-electron chi connectivity index (χ2n) is 8.83. The van der Waals surface area contributed by atoms with Crippen LogP contribution in [0.3, 0.4) is 0 Å². The molecule has 0 heterocycles. The molecule has 0 spiro atoms. The molecule has 0 fully saturated rings. The number of hydrogen-bond acceptors (Lipinski definition) is 1. The van der Waals surface area contributed by atoms with Gasteiger partial charge in [0.05, 0.1) is 12.2 Å². The Balaban J connectivity index is 1.81. The number of unbranched alkanes of at least 4 members (excludes halogenated alkanes) is 10. The molecule has 34 heavy (non-hydrogen) atoms. The topological polar surface area (TPSA) is 9.23 Å². The lowest BCUT2D eigenvalue weighted by Gasteiger charge is -2.08. The Bertz CT molecular complexity index is 919. The Morgan fingerprint density at radius 1 is 0.706 bits per heavy atom. The van der Waals surface area contributed by atoms with Crippen LogP contribution in [-0.4, -0.2) is 6.61 Å². The van der Waals surface area contributed by atoms with Crippen molar-refractivity contribution in [3.63, 3.8) is 0 Å². The lowest BCUT2D eigenvalue weighted by molar-refractivity contribution is 0.284. The van der Waals surface area contributed by atoms with Gasteiger partial charge in [0.2, 0.25) is 5.82 Å². The van der Waals surface area contributed by atoms with Crippen LogP contribution in [0.25, 0.3) is 6.08 Å². The molecule has 0 aliphatic heterocycles. The van der Waals surface area contributed by atoms with Crippen molar-refractivity contribution in [2.24, 2.45) is 0 Å². The highest BCUT2D eigenvalue weighted by Gasteiger charge is 2.13. The highest BCUT2D eigenvalue weighted by molar-refractivity contribution is 5.52. The van der Waals surface area contributed by atoms with Crippen LogP contribution in [0.1, 0.15) is 108 Å². The number of rotatable bonds is 15. The van der Waals surface area contributed by atoms with Crippen molar-refractivity contribution < 1.29 is 13.5 Å². The summed E-state index contributed by atoms with van der Waals surface area (Å²) in [4.78, 5) is 0. The van der Waals surface area contributed by atoms with E-state index in [0.29, 0.717) is 6.61 Å². The molecule has 0 saturated carbocycles. The van der Waals surface area contributed by atoms with Gasteiger partial charge in [0.15, 0.2) is 11.6 Å². The molecule has 3 heteroatoms. The molecule has 2 rings (SSSR count). The van der Waals surface area contributed by atoms with E-state index < -0.39 is 11.6 Å². The zero-order valence-corrected chi connectivity index (χ0v) is 21.0. The van der Waals surface area contributed by atoms with E-state index in [1.54, 1.807) is 0 Å². The zero-order chi connectivity index (χ0) is 24.4. The van der Waals surface area contributed by atoms with Crippen LogP contribution in [0.4, 0.5) is 8.78 Å². The summed E-state index contributed by atoms with van der Waals surface area (Å²) in [5.74, 6) is 3.72. The molecule has 0 N–H and O–H groups in total. The first kappa shape index (κ1) is 27.6. The maximum atomic E-state index is 14.5. The van der Waals surface area contributed by atoms with E-state index in [9.17, 15) is 8.78 Å². The highest BCUT2D eigenvalue weighted by atomic mass is 19.2. The Morgan fingerprint density at radius 3 is 2.06 bits per heavy atom. The van der Waals surface area contributed by atoms with Gasteiger partial charge < -0.3 is 4.74 Å². The van der Waals surface area contributed by atoms with Crippen LogP contribution in [0.15, 0.2) is 42.5 Å². The van der Waals surface area contributed by atoms with Crippen LogP contribution in [0, 0.1) is 23.5 Å². The average molecular weight is 467 g/mol. The lowest BCUT2D eigenvalue weighted by atomic mass is 10.1. The first-order valence-electron chi connectivity index (χ1n) is 13.0. The standard InChI is InChI=1S/C31H40F2O/c1-3-5-7-9-10-11-13-15-25-34-29-24-23-28(30(32)31(29)33)22-21-27-19-17-26(18-20-27)16-14-12-8-6-4-2/h14,16-20,23-24H,3-13,15,25H2,1-2H3/b16-14+. The minimum Gasteiger partial charge on any atom is -0.490 e. The molecule has 0 amide bonds. The quantitative estimate of drug-likeness (QED) is 0.188. The van der Waals surface area contributed by atoms with Crippen molar-refractivity contribution in [3.05, 3.63) is 70.8 Å². The largest absolute Gasteiger partial charge is 0.490 e. The molecular formula is C31H40F2O. The van der Waals surface area contributed by atoms with E-state index in [0.717, 1.165) is 36.8 Å². The molecule has 1 nitrogen and oxygen atoms in total. The predicted octanol–water partition coefficient (Wildman–Crippen LogP) is 9.48. The predicted molar refractivity (Wildman–Crippen MR) is 140 cm³/mol. The van der Waals surface area contributed by atoms with Crippen molar-refractivity contribution in [3.8, 4) is 17.6 Å². The molecule has 0 aliphatic carbocycles. The third kappa shape index (κ3) is 10.6. The van der Waals surface area contributed by atoms with Gasteiger partial charge in [-0.1, -0.05) is 108 Å². The summed E-state index contributed by atoms with van der Waals surface area (Å²) in [7, 11) is 0. The Hall–Kier alpha value is -2.60. The van der Waals surface area contributed by atoms with E-state index >= 15 is 0 Å². The zero-order valence-electron chi connectivity index (χ0n) is 21.0. The summed E-state index contributed by atoms with van der Waals surface area (Å²) >= 11 is 0. The van der Waals surface area contributed by atoms with E-state index in [1.165, 1.54) is 63.5 Å². The smallest absolute Gasteiger partial charge is 0.201 e. The van der Waals surface area contributed by atoms with Gasteiger partial charge in [0.25, 0.3) is 0 Å². The maximum Gasteiger partial charge on any atom is 0.201 e. The lowest BCUT2D eigenvalue weighted by Crippen LogP contribution is -2.02. The van der Waals surface area contributed by atoms with E-state index in [4.69, 9.17) is 4.74 Å². The molecule has 0 saturated heterocycles. The average Bonchev–Trinajstić information content (AvgIpc) is 2.85. The van der Waals surface area contributed by atoms with Crippen molar-refractivity contribution >= 4 is 6.08 Å². The van der Waals surface area contributed by atoms with Crippen LogP contribution in [0.2, 0.25) is 0 Å². The second kappa shape index (κ2) is 16.9. The summed E-state index contributed by atoms with van der Waals surface area (Å²) < 4.78 is 34.4. The van der Waals surface area contributed by atoms with Crippen molar-refractivity contribution in [2.75, 3.05) is 6.61 Å². The van der Waals surface area contributed by atoms with Crippen LogP contribution in [-0.2, 0) is 0 Å². The van der Waals surface area contributed by atoms with Crippen LogP contribution < -0.4 is 4.74 Å². The van der Waals surface area contributed by atoms with Gasteiger partial charge in [-0.05, 0) is 49.1 Å². The Labute approximate surface area is 205 Å². The molecule has 0 radical (unpaired) electrons. The van der Waals surface area contributed by atoms with Gasteiger partial charge in [0.1, 0.15) is 0 Å². The van der Waals surface area contributed by atoms with Gasteiger partial charge in [0, 0.05) is 5.56 Å². The van der Waals surface area contributed by atoms with Crippen LogP contribution in [0.5, 0.6) is 5.75 Å².